The number of halogens is 1. The standard InChI is InChI=1S/C14H15ClN4O/c1-9-6-12(15)17-8-11(9)18-14(20)10-2-4-19-5-3-16-13(19)7-10/h3,5-6,8,10H,2,4,7H2,1H3,(H,18,20)/t10-/m0/s1. The molecular formula is C14H15ClN4O. The molecule has 0 spiro atoms. The molecule has 3 rings (SSSR count). The minimum Gasteiger partial charge on any atom is -0.335 e. The molecule has 1 amide bonds. The molecule has 0 fully saturated rings. The van der Waals surface area contributed by atoms with Crippen molar-refractivity contribution in [2.24, 2.45) is 5.92 Å². The Kier molecular flexibility index (Phi) is 3.44. The average molecular weight is 291 g/mol. The van der Waals surface area contributed by atoms with Crippen LogP contribution >= 0.6 is 11.6 Å². The van der Waals surface area contributed by atoms with E-state index in [9.17, 15) is 4.79 Å². The van der Waals surface area contributed by atoms with Crippen LogP contribution in [0.3, 0.4) is 0 Å². The van der Waals surface area contributed by atoms with Crippen molar-refractivity contribution >= 4 is 23.2 Å². The summed E-state index contributed by atoms with van der Waals surface area (Å²) in [4.78, 5) is 20.6. The second-order valence-electron chi connectivity index (χ2n) is 5.04. The first-order chi connectivity index (χ1) is 9.63. The van der Waals surface area contributed by atoms with E-state index in [1.54, 1.807) is 18.5 Å². The third kappa shape index (κ3) is 2.54. The first-order valence-corrected chi connectivity index (χ1v) is 6.94. The predicted octanol–water partition coefficient (Wildman–Crippen LogP) is 2.44. The molecule has 1 aliphatic rings. The third-order valence-corrected chi connectivity index (χ3v) is 3.86. The summed E-state index contributed by atoms with van der Waals surface area (Å²) in [5, 5.41) is 3.36. The van der Waals surface area contributed by atoms with Gasteiger partial charge < -0.3 is 9.88 Å². The number of amides is 1. The fraction of sp³-hybridized carbons (Fsp3) is 0.357. The van der Waals surface area contributed by atoms with E-state index < -0.39 is 0 Å². The normalized spacial score (nSPS) is 17.6. The lowest BCUT2D eigenvalue weighted by Gasteiger charge is -2.22. The number of hydrogen-bond donors (Lipinski definition) is 1. The highest BCUT2D eigenvalue weighted by molar-refractivity contribution is 6.29. The largest absolute Gasteiger partial charge is 0.335 e. The van der Waals surface area contributed by atoms with Crippen LogP contribution in [0.2, 0.25) is 5.15 Å². The van der Waals surface area contributed by atoms with Gasteiger partial charge in [0.1, 0.15) is 11.0 Å². The first kappa shape index (κ1) is 13.1. The number of hydrogen-bond acceptors (Lipinski definition) is 3. The zero-order valence-electron chi connectivity index (χ0n) is 11.1. The highest BCUT2D eigenvalue weighted by Crippen LogP contribution is 2.22. The summed E-state index contributed by atoms with van der Waals surface area (Å²) < 4.78 is 2.10. The summed E-state index contributed by atoms with van der Waals surface area (Å²) in [5.41, 5.74) is 1.63. The summed E-state index contributed by atoms with van der Waals surface area (Å²) in [6.07, 6.45) is 6.84. The molecule has 0 bridgehead atoms. The van der Waals surface area contributed by atoms with Crippen molar-refractivity contribution < 1.29 is 4.79 Å². The zero-order valence-corrected chi connectivity index (χ0v) is 11.9. The summed E-state index contributed by atoms with van der Waals surface area (Å²) in [5.74, 6) is 0.953. The number of rotatable bonds is 2. The maximum Gasteiger partial charge on any atom is 0.228 e. The van der Waals surface area contributed by atoms with Gasteiger partial charge in [0.2, 0.25) is 5.91 Å². The summed E-state index contributed by atoms with van der Waals surface area (Å²) >= 11 is 5.81. The molecule has 20 heavy (non-hydrogen) atoms. The number of carbonyl (C=O) groups is 1. The van der Waals surface area contributed by atoms with E-state index in [-0.39, 0.29) is 11.8 Å². The van der Waals surface area contributed by atoms with Crippen molar-refractivity contribution in [3.05, 3.63) is 41.2 Å². The van der Waals surface area contributed by atoms with E-state index in [4.69, 9.17) is 11.6 Å². The zero-order chi connectivity index (χ0) is 14.1. The van der Waals surface area contributed by atoms with Crippen LogP contribution in [0.1, 0.15) is 17.8 Å². The molecule has 2 aromatic heterocycles. The number of pyridine rings is 1. The molecule has 0 radical (unpaired) electrons. The number of aryl methyl sites for hydroxylation is 2. The number of nitrogens with zero attached hydrogens (tertiary/aromatic N) is 3. The molecule has 104 valence electrons. The van der Waals surface area contributed by atoms with E-state index in [0.717, 1.165) is 24.4 Å². The Bertz CT molecular complexity index is 652. The van der Waals surface area contributed by atoms with Crippen LogP contribution in [0.4, 0.5) is 5.69 Å². The van der Waals surface area contributed by atoms with Crippen molar-refractivity contribution in [2.75, 3.05) is 5.32 Å². The molecule has 0 aliphatic carbocycles. The van der Waals surface area contributed by atoms with Crippen LogP contribution in [0.25, 0.3) is 0 Å². The van der Waals surface area contributed by atoms with Crippen LogP contribution < -0.4 is 5.32 Å². The minimum absolute atomic E-state index is 0.0199. The van der Waals surface area contributed by atoms with Crippen LogP contribution in [-0.4, -0.2) is 20.4 Å². The molecule has 1 N–H and O–H groups in total. The van der Waals surface area contributed by atoms with Crippen molar-refractivity contribution in [1.82, 2.24) is 14.5 Å². The summed E-state index contributed by atoms with van der Waals surface area (Å²) in [7, 11) is 0. The summed E-state index contributed by atoms with van der Waals surface area (Å²) in [6.45, 7) is 2.74. The number of carbonyl (C=O) groups excluding carboxylic acids is 1. The first-order valence-electron chi connectivity index (χ1n) is 6.56. The van der Waals surface area contributed by atoms with Crippen molar-refractivity contribution in [3.63, 3.8) is 0 Å². The Morgan fingerprint density at radius 3 is 3.15 bits per heavy atom. The molecule has 6 heteroatoms. The monoisotopic (exact) mass is 290 g/mol. The van der Waals surface area contributed by atoms with Crippen LogP contribution in [0, 0.1) is 12.8 Å². The number of aromatic nitrogens is 3. The maximum absolute atomic E-state index is 12.3. The topological polar surface area (TPSA) is 59.8 Å². The second-order valence-corrected chi connectivity index (χ2v) is 5.43. The lowest BCUT2D eigenvalue weighted by Crippen LogP contribution is -2.30. The lowest BCUT2D eigenvalue weighted by molar-refractivity contribution is -0.120. The van der Waals surface area contributed by atoms with Gasteiger partial charge in [-0.1, -0.05) is 11.6 Å². The average Bonchev–Trinajstić information content (AvgIpc) is 2.89. The van der Waals surface area contributed by atoms with Gasteiger partial charge in [0.25, 0.3) is 0 Å². The Balaban J connectivity index is 1.71. The smallest absolute Gasteiger partial charge is 0.228 e. The van der Waals surface area contributed by atoms with E-state index in [0.29, 0.717) is 17.3 Å². The number of anilines is 1. The molecular weight excluding hydrogens is 276 g/mol. The van der Waals surface area contributed by atoms with E-state index in [1.165, 1.54) is 0 Å². The van der Waals surface area contributed by atoms with Gasteiger partial charge in [0.05, 0.1) is 11.9 Å². The molecule has 5 nitrogen and oxygen atoms in total. The van der Waals surface area contributed by atoms with Gasteiger partial charge in [-0.15, -0.1) is 0 Å². The maximum atomic E-state index is 12.3. The fourth-order valence-electron chi connectivity index (χ4n) is 2.46. The van der Waals surface area contributed by atoms with Crippen molar-refractivity contribution in [1.29, 1.82) is 0 Å². The van der Waals surface area contributed by atoms with Gasteiger partial charge in [0, 0.05) is 31.3 Å². The Labute approximate surface area is 122 Å². The van der Waals surface area contributed by atoms with Gasteiger partial charge in [-0.05, 0) is 25.0 Å². The van der Waals surface area contributed by atoms with Gasteiger partial charge >= 0.3 is 0 Å². The molecule has 3 heterocycles. The highest BCUT2D eigenvalue weighted by atomic mass is 35.5. The molecule has 0 unspecified atom stereocenters. The third-order valence-electron chi connectivity index (χ3n) is 3.66. The lowest BCUT2D eigenvalue weighted by atomic mass is 9.96. The van der Waals surface area contributed by atoms with Crippen molar-refractivity contribution in [3.8, 4) is 0 Å². The molecule has 1 atom stereocenters. The summed E-state index contributed by atoms with van der Waals surface area (Å²) in [6, 6.07) is 1.74. The van der Waals surface area contributed by atoms with Crippen molar-refractivity contribution in [2.45, 2.75) is 26.3 Å². The Hall–Kier alpha value is -1.88. The second kappa shape index (κ2) is 5.25. The van der Waals surface area contributed by atoms with Crippen LogP contribution in [0.5, 0.6) is 0 Å². The number of fused-ring (bicyclic) bond motifs is 1. The molecule has 0 saturated heterocycles. The quantitative estimate of drug-likeness (QED) is 0.864. The van der Waals surface area contributed by atoms with Gasteiger partial charge in [0.15, 0.2) is 0 Å². The molecule has 0 saturated carbocycles. The Morgan fingerprint density at radius 2 is 2.35 bits per heavy atom. The SMILES string of the molecule is Cc1cc(Cl)ncc1NC(=O)[C@H]1CCn2ccnc2C1. The predicted molar refractivity (Wildman–Crippen MR) is 76.7 cm³/mol. The van der Waals surface area contributed by atoms with Crippen LogP contribution in [-0.2, 0) is 17.8 Å². The fourth-order valence-corrected chi connectivity index (χ4v) is 2.67. The van der Waals surface area contributed by atoms with E-state index in [1.807, 2.05) is 13.1 Å². The minimum atomic E-state index is -0.0417. The number of imidazole rings is 1. The van der Waals surface area contributed by atoms with Gasteiger partial charge in [-0.2, -0.15) is 0 Å². The van der Waals surface area contributed by atoms with E-state index in [2.05, 4.69) is 19.9 Å². The van der Waals surface area contributed by atoms with Gasteiger partial charge in [-0.25, -0.2) is 9.97 Å². The van der Waals surface area contributed by atoms with Crippen LogP contribution in [0.15, 0.2) is 24.7 Å². The van der Waals surface area contributed by atoms with E-state index >= 15 is 0 Å². The van der Waals surface area contributed by atoms with Gasteiger partial charge in [-0.3, -0.25) is 4.79 Å². The molecule has 1 aliphatic heterocycles. The molecule has 2 aromatic rings. The Morgan fingerprint density at radius 1 is 1.50 bits per heavy atom. The highest BCUT2D eigenvalue weighted by Gasteiger charge is 2.25. The number of nitrogens with one attached hydrogen (secondary N) is 1. The molecule has 0 aromatic carbocycles.